The van der Waals surface area contributed by atoms with Crippen LogP contribution >= 0.6 is 0 Å². The number of likely N-dealkylation sites (tertiary alicyclic amines) is 1. The van der Waals surface area contributed by atoms with Gasteiger partial charge in [-0.15, -0.1) is 0 Å². The lowest BCUT2D eigenvalue weighted by Gasteiger charge is -2.46. The van der Waals surface area contributed by atoms with Gasteiger partial charge in [0.25, 0.3) is 0 Å². The molecule has 1 N–H and O–H groups in total. The summed E-state index contributed by atoms with van der Waals surface area (Å²) in [7, 11) is 5.42. The minimum atomic E-state index is -1.06. The summed E-state index contributed by atoms with van der Waals surface area (Å²) < 4.78 is 18.2. The van der Waals surface area contributed by atoms with E-state index in [0.717, 1.165) is 0 Å². The highest BCUT2D eigenvalue weighted by atomic mass is 19.1. The number of methoxy groups -OCH3 is 1. The molecule has 17 heavy (non-hydrogen) atoms. The van der Waals surface area contributed by atoms with Gasteiger partial charge in [-0.3, -0.25) is 7.05 Å². The predicted molar refractivity (Wildman–Crippen MR) is 62.6 cm³/mol. The first kappa shape index (κ1) is 12.5. The first-order chi connectivity index (χ1) is 8.06. The Kier molecular flexibility index (Phi) is 3.47. The largest absolute Gasteiger partial charge is 0.457 e. The lowest BCUT2D eigenvalue weighted by Crippen LogP contribution is -2.52. The van der Waals surface area contributed by atoms with Gasteiger partial charge in [0, 0.05) is 7.11 Å². The monoisotopic (exact) mass is 238 g/mol. The maximum atomic E-state index is 12.9. The van der Waals surface area contributed by atoms with Crippen LogP contribution in [-0.4, -0.2) is 36.3 Å². The molecule has 1 aliphatic rings. The highest BCUT2D eigenvalue weighted by Crippen LogP contribution is 2.34. The Bertz CT molecular complexity index is 382. The van der Waals surface area contributed by atoms with Gasteiger partial charge in [-0.05, 0) is 37.2 Å². The quantitative estimate of drug-likeness (QED) is 0.793. The third-order valence-corrected chi connectivity index (χ3v) is 3.39. The average Bonchev–Trinajstić information content (AvgIpc) is 2.33. The first-order valence-electron chi connectivity index (χ1n) is 5.63. The zero-order valence-electron chi connectivity index (χ0n) is 9.90. The maximum Gasteiger partial charge on any atom is 0.123 e. The van der Waals surface area contributed by atoms with E-state index in [9.17, 15) is 9.50 Å². The molecule has 2 rings (SSSR count). The second-order valence-electron chi connectivity index (χ2n) is 4.48. The van der Waals surface area contributed by atoms with E-state index in [2.05, 4.69) is 7.05 Å². The maximum absolute atomic E-state index is 12.9. The van der Waals surface area contributed by atoms with E-state index < -0.39 is 5.60 Å². The van der Waals surface area contributed by atoms with Crippen molar-refractivity contribution in [3.05, 3.63) is 42.7 Å². The van der Waals surface area contributed by atoms with E-state index in [1.807, 2.05) is 4.90 Å². The molecule has 1 saturated heterocycles. The number of hydrogen-bond donors (Lipinski definition) is 1. The fourth-order valence-corrected chi connectivity index (χ4v) is 2.30. The molecule has 0 aliphatic carbocycles. The SMILES string of the molecule is [CH2-]N1CCC(O)(c2ccc(F)cc2)C(OC)C1. The molecule has 1 fully saturated rings. The van der Waals surface area contributed by atoms with Crippen LogP contribution in [-0.2, 0) is 10.3 Å². The van der Waals surface area contributed by atoms with E-state index in [0.29, 0.717) is 25.1 Å². The second kappa shape index (κ2) is 4.72. The highest BCUT2D eigenvalue weighted by Gasteiger charge is 2.41. The molecule has 3 nitrogen and oxygen atoms in total. The van der Waals surface area contributed by atoms with Gasteiger partial charge in [-0.25, -0.2) is 4.39 Å². The van der Waals surface area contributed by atoms with Gasteiger partial charge >= 0.3 is 0 Å². The van der Waals surface area contributed by atoms with Crippen molar-refractivity contribution >= 4 is 0 Å². The van der Waals surface area contributed by atoms with E-state index in [1.165, 1.54) is 12.1 Å². The van der Waals surface area contributed by atoms with Crippen LogP contribution in [0.25, 0.3) is 0 Å². The van der Waals surface area contributed by atoms with E-state index in [4.69, 9.17) is 4.74 Å². The minimum absolute atomic E-state index is 0.305. The van der Waals surface area contributed by atoms with Gasteiger partial charge in [-0.2, -0.15) is 0 Å². The van der Waals surface area contributed by atoms with Gasteiger partial charge in [0.2, 0.25) is 0 Å². The standard InChI is InChI=1S/C13H17FNO2/c1-15-8-7-13(16,12(9-15)17-2)10-3-5-11(14)6-4-10/h3-6,12,16H,1,7-9H2,2H3/q-1. The molecule has 2 atom stereocenters. The fraction of sp³-hybridized carbons (Fsp3) is 0.462. The number of aliphatic hydroxyl groups is 1. The van der Waals surface area contributed by atoms with Crippen molar-refractivity contribution in [1.82, 2.24) is 4.90 Å². The number of nitrogens with zero attached hydrogens (tertiary/aromatic N) is 1. The number of hydrogen-bond acceptors (Lipinski definition) is 3. The van der Waals surface area contributed by atoms with Gasteiger partial charge in [-0.1, -0.05) is 12.1 Å². The van der Waals surface area contributed by atoms with Crippen LogP contribution in [0.5, 0.6) is 0 Å². The molecule has 0 saturated carbocycles. The molecule has 1 heterocycles. The lowest BCUT2D eigenvalue weighted by atomic mass is 9.82. The Hall–Kier alpha value is -0.970. The van der Waals surface area contributed by atoms with E-state index >= 15 is 0 Å². The predicted octanol–water partition coefficient (Wildman–Crippen LogP) is 1.53. The van der Waals surface area contributed by atoms with Crippen LogP contribution in [0.1, 0.15) is 12.0 Å². The summed E-state index contributed by atoms with van der Waals surface area (Å²) in [5.41, 5.74) is -0.366. The molecule has 1 aromatic carbocycles. The second-order valence-corrected chi connectivity index (χ2v) is 4.48. The molecule has 0 aromatic heterocycles. The van der Waals surface area contributed by atoms with Gasteiger partial charge < -0.3 is 14.7 Å². The van der Waals surface area contributed by atoms with Crippen molar-refractivity contribution in [2.24, 2.45) is 0 Å². The summed E-state index contributed by atoms with van der Waals surface area (Å²) >= 11 is 0. The smallest absolute Gasteiger partial charge is 0.123 e. The van der Waals surface area contributed by atoms with Gasteiger partial charge in [0.1, 0.15) is 17.5 Å². The van der Waals surface area contributed by atoms with Crippen molar-refractivity contribution in [2.45, 2.75) is 18.1 Å². The first-order valence-corrected chi connectivity index (χ1v) is 5.63. The molecule has 0 bridgehead atoms. The number of benzene rings is 1. The van der Waals surface area contributed by atoms with Crippen molar-refractivity contribution < 1.29 is 14.2 Å². The number of rotatable bonds is 2. The Morgan fingerprint density at radius 3 is 2.71 bits per heavy atom. The zero-order chi connectivity index (χ0) is 12.5. The number of piperidine rings is 1. The molecule has 1 aromatic rings. The minimum Gasteiger partial charge on any atom is -0.457 e. The molecule has 0 spiro atoms. The lowest BCUT2D eigenvalue weighted by molar-refractivity contribution is -0.133. The molecular formula is C13H17FNO2-. The molecule has 2 unspecified atom stereocenters. The van der Waals surface area contributed by atoms with E-state index in [1.54, 1.807) is 19.2 Å². The van der Waals surface area contributed by atoms with Crippen LogP contribution in [0.4, 0.5) is 4.39 Å². The Morgan fingerprint density at radius 2 is 2.12 bits per heavy atom. The number of halogens is 1. The van der Waals surface area contributed by atoms with Gasteiger partial charge in [0.15, 0.2) is 0 Å². The summed E-state index contributed by atoms with van der Waals surface area (Å²) in [5.74, 6) is -0.305. The molecule has 94 valence electrons. The van der Waals surface area contributed by atoms with Crippen molar-refractivity contribution in [3.8, 4) is 0 Å². The zero-order valence-corrected chi connectivity index (χ0v) is 9.90. The Balaban J connectivity index is 2.30. The van der Waals surface area contributed by atoms with Gasteiger partial charge in [0.05, 0.1) is 0 Å². The molecule has 1 aliphatic heterocycles. The molecule has 4 heteroatoms. The summed E-state index contributed by atoms with van der Waals surface area (Å²) in [5, 5.41) is 10.7. The van der Waals surface area contributed by atoms with E-state index in [-0.39, 0.29) is 11.9 Å². The van der Waals surface area contributed by atoms with Crippen molar-refractivity contribution in [3.63, 3.8) is 0 Å². The van der Waals surface area contributed by atoms with Crippen LogP contribution in [0.15, 0.2) is 24.3 Å². The topological polar surface area (TPSA) is 32.7 Å². The summed E-state index contributed by atoms with van der Waals surface area (Å²) in [6.07, 6.45) is 0.180. The molecular weight excluding hydrogens is 221 g/mol. The average molecular weight is 238 g/mol. The summed E-state index contributed by atoms with van der Waals surface area (Å²) in [6, 6.07) is 5.94. The Morgan fingerprint density at radius 1 is 1.47 bits per heavy atom. The van der Waals surface area contributed by atoms with Crippen LogP contribution in [0, 0.1) is 12.9 Å². The fourth-order valence-electron chi connectivity index (χ4n) is 2.30. The highest BCUT2D eigenvalue weighted by molar-refractivity contribution is 5.25. The van der Waals surface area contributed by atoms with Crippen LogP contribution < -0.4 is 0 Å². The number of ether oxygens (including phenoxy) is 1. The normalized spacial score (nSPS) is 30.5. The van der Waals surface area contributed by atoms with Crippen LogP contribution in [0.2, 0.25) is 0 Å². The third-order valence-electron chi connectivity index (χ3n) is 3.39. The third kappa shape index (κ3) is 2.34. The summed E-state index contributed by atoms with van der Waals surface area (Å²) in [6.45, 7) is 1.25. The van der Waals surface area contributed by atoms with Crippen LogP contribution in [0.3, 0.4) is 0 Å². The Labute approximate surface area is 101 Å². The molecule has 0 amide bonds. The molecule has 0 radical (unpaired) electrons. The van der Waals surface area contributed by atoms with Crippen molar-refractivity contribution in [1.29, 1.82) is 0 Å². The summed E-state index contributed by atoms with van der Waals surface area (Å²) in [4.78, 5) is 1.87. The van der Waals surface area contributed by atoms with Crippen molar-refractivity contribution in [2.75, 3.05) is 20.2 Å².